The summed E-state index contributed by atoms with van der Waals surface area (Å²) in [6, 6.07) is 6.38. The van der Waals surface area contributed by atoms with Gasteiger partial charge in [0.25, 0.3) is 0 Å². The summed E-state index contributed by atoms with van der Waals surface area (Å²) in [7, 11) is 0. The molecule has 0 aliphatic carbocycles. The Morgan fingerprint density at radius 3 is 2.75 bits per heavy atom. The van der Waals surface area contributed by atoms with E-state index in [1.165, 1.54) is 16.0 Å². The minimum absolute atomic E-state index is 0. The Balaban J connectivity index is 0.00000128. The van der Waals surface area contributed by atoms with Gasteiger partial charge in [-0.1, -0.05) is 28.1 Å². The van der Waals surface area contributed by atoms with Gasteiger partial charge in [-0.3, -0.25) is 0 Å². The number of aromatic nitrogens is 1. The molecule has 0 unspecified atom stereocenters. The van der Waals surface area contributed by atoms with Crippen molar-refractivity contribution in [3.8, 4) is 0 Å². The van der Waals surface area contributed by atoms with Crippen molar-refractivity contribution in [3.63, 3.8) is 0 Å². The van der Waals surface area contributed by atoms with Gasteiger partial charge in [-0.25, -0.2) is 4.98 Å². The van der Waals surface area contributed by atoms with E-state index in [-0.39, 0.29) is 12.4 Å². The van der Waals surface area contributed by atoms with Gasteiger partial charge in [-0.05, 0) is 24.1 Å². The van der Waals surface area contributed by atoms with Gasteiger partial charge in [-0.2, -0.15) is 0 Å². The zero-order valence-electron chi connectivity index (χ0n) is 8.74. The molecule has 0 atom stereocenters. The largest absolute Gasteiger partial charge is 0.375 e. The lowest BCUT2D eigenvalue weighted by Gasteiger charge is -2.02. The maximum absolute atomic E-state index is 5.59. The van der Waals surface area contributed by atoms with Crippen LogP contribution in [0.5, 0.6) is 0 Å². The lowest BCUT2D eigenvalue weighted by atomic mass is 10.1. The van der Waals surface area contributed by atoms with Gasteiger partial charge < -0.3 is 5.73 Å². The number of hydrogen-bond donors (Lipinski definition) is 1. The normalized spacial score (nSPS) is 9.88. The Morgan fingerprint density at radius 2 is 2.19 bits per heavy atom. The van der Waals surface area contributed by atoms with Crippen molar-refractivity contribution in [3.05, 3.63) is 44.9 Å². The van der Waals surface area contributed by atoms with E-state index in [0.717, 1.165) is 10.9 Å². The van der Waals surface area contributed by atoms with Crippen LogP contribution >= 0.6 is 39.7 Å². The number of halogens is 2. The van der Waals surface area contributed by atoms with Crippen LogP contribution in [0, 0.1) is 6.92 Å². The molecule has 16 heavy (non-hydrogen) atoms. The van der Waals surface area contributed by atoms with Crippen LogP contribution in [0.1, 0.15) is 16.0 Å². The topological polar surface area (TPSA) is 38.9 Å². The summed E-state index contributed by atoms with van der Waals surface area (Å²) >= 11 is 5.04. The third kappa shape index (κ3) is 3.20. The molecule has 0 saturated heterocycles. The molecule has 0 amide bonds. The molecule has 1 heterocycles. The highest BCUT2D eigenvalue weighted by Crippen LogP contribution is 2.22. The van der Waals surface area contributed by atoms with E-state index in [4.69, 9.17) is 5.73 Å². The molecule has 1 aromatic heterocycles. The molecule has 0 spiro atoms. The third-order valence-corrected chi connectivity index (χ3v) is 3.89. The molecule has 5 heteroatoms. The molecule has 1 aromatic carbocycles. The first kappa shape index (κ1) is 13.5. The van der Waals surface area contributed by atoms with Crippen molar-refractivity contribution >= 4 is 44.8 Å². The fraction of sp³-hybridized carbons (Fsp3) is 0.182. The predicted octanol–water partition coefficient (Wildman–Crippen LogP) is 3.81. The van der Waals surface area contributed by atoms with Crippen LogP contribution in [0.3, 0.4) is 0 Å². The van der Waals surface area contributed by atoms with Crippen molar-refractivity contribution in [1.82, 2.24) is 4.98 Å². The Hall–Kier alpha value is -0.580. The molecule has 0 aliphatic rings. The van der Waals surface area contributed by atoms with E-state index in [1.54, 1.807) is 11.3 Å². The van der Waals surface area contributed by atoms with Gasteiger partial charge in [0.15, 0.2) is 5.13 Å². The highest BCUT2D eigenvalue weighted by Gasteiger charge is 2.02. The summed E-state index contributed by atoms with van der Waals surface area (Å²) in [6.45, 7) is 2.09. The number of nitrogens with two attached hydrogens (primary N) is 1. The molecule has 86 valence electrons. The van der Waals surface area contributed by atoms with Crippen molar-refractivity contribution in [1.29, 1.82) is 0 Å². The van der Waals surface area contributed by atoms with Crippen LogP contribution < -0.4 is 5.73 Å². The smallest absolute Gasteiger partial charge is 0.180 e. The summed E-state index contributed by atoms with van der Waals surface area (Å²) in [5, 5.41) is 0.638. The fourth-order valence-corrected chi connectivity index (χ4v) is 2.39. The molecule has 0 bridgehead atoms. The van der Waals surface area contributed by atoms with Crippen molar-refractivity contribution < 1.29 is 0 Å². The number of nitrogens with zero attached hydrogens (tertiary/aromatic N) is 1. The first-order chi connectivity index (χ1) is 7.15. The summed E-state index contributed by atoms with van der Waals surface area (Å²) < 4.78 is 1.15. The molecule has 0 fully saturated rings. The number of nitrogen functional groups attached to an aromatic ring is 1. The van der Waals surface area contributed by atoms with Gasteiger partial charge >= 0.3 is 0 Å². The summed E-state index contributed by atoms with van der Waals surface area (Å²) in [5.41, 5.74) is 8.13. The minimum Gasteiger partial charge on any atom is -0.375 e. The van der Waals surface area contributed by atoms with Crippen LogP contribution in [0.4, 0.5) is 5.13 Å². The molecule has 2 aromatic rings. The minimum atomic E-state index is 0. The maximum atomic E-state index is 5.59. The van der Waals surface area contributed by atoms with E-state index < -0.39 is 0 Å². The molecule has 0 saturated carbocycles. The molecule has 0 radical (unpaired) electrons. The van der Waals surface area contributed by atoms with Crippen LogP contribution in [0.15, 0.2) is 28.9 Å². The van der Waals surface area contributed by atoms with E-state index in [2.05, 4.69) is 46.0 Å². The Morgan fingerprint density at radius 1 is 1.44 bits per heavy atom. The van der Waals surface area contributed by atoms with Gasteiger partial charge in [0.2, 0.25) is 0 Å². The fourth-order valence-electron chi connectivity index (χ4n) is 1.42. The van der Waals surface area contributed by atoms with Gasteiger partial charge in [0, 0.05) is 22.0 Å². The average Bonchev–Trinajstić information content (AvgIpc) is 2.58. The van der Waals surface area contributed by atoms with Crippen molar-refractivity contribution in [2.24, 2.45) is 0 Å². The first-order valence-electron chi connectivity index (χ1n) is 4.60. The van der Waals surface area contributed by atoms with Crippen LogP contribution in [-0.2, 0) is 6.42 Å². The Kier molecular flexibility index (Phi) is 4.77. The predicted molar refractivity (Wildman–Crippen MR) is 75.5 cm³/mol. The second-order valence-corrected chi connectivity index (χ2v) is 5.43. The van der Waals surface area contributed by atoms with Crippen LogP contribution in [-0.4, -0.2) is 4.98 Å². The maximum Gasteiger partial charge on any atom is 0.180 e. The quantitative estimate of drug-likeness (QED) is 0.914. The van der Waals surface area contributed by atoms with E-state index in [9.17, 15) is 0 Å². The lowest BCUT2D eigenvalue weighted by molar-refractivity contribution is 1.20. The number of thiazole rings is 1. The van der Waals surface area contributed by atoms with Crippen LogP contribution in [0.2, 0.25) is 0 Å². The SMILES string of the molecule is Cc1cc(Cc2cnc(N)s2)ccc1Br.Cl. The molecule has 0 aliphatic heterocycles. The molecular formula is C11H12BrClN2S. The van der Waals surface area contributed by atoms with Gasteiger partial charge in [-0.15, -0.1) is 23.7 Å². The summed E-state index contributed by atoms with van der Waals surface area (Å²) in [6.07, 6.45) is 2.75. The monoisotopic (exact) mass is 318 g/mol. The number of aryl methyl sites for hydroxylation is 1. The van der Waals surface area contributed by atoms with Gasteiger partial charge in [0.05, 0.1) is 0 Å². The van der Waals surface area contributed by atoms with E-state index in [1.807, 2.05) is 6.20 Å². The lowest BCUT2D eigenvalue weighted by Crippen LogP contribution is -1.86. The second-order valence-electron chi connectivity index (χ2n) is 3.43. The second kappa shape index (κ2) is 5.66. The highest BCUT2D eigenvalue weighted by atomic mass is 79.9. The van der Waals surface area contributed by atoms with E-state index in [0.29, 0.717) is 5.13 Å². The Bertz CT molecular complexity index is 485. The number of rotatable bonds is 2. The highest BCUT2D eigenvalue weighted by molar-refractivity contribution is 9.10. The number of hydrogen-bond acceptors (Lipinski definition) is 3. The number of anilines is 1. The molecule has 2 rings (SSSR count). The standard InChI is InChI=1S/C11H11BrN2S.ClH/c1-7-4-8(2-3-10(7)12)5-9-6-14-11(13)15-9;/h2-4,6H,5H2,1H3,(H2,13,14);1H. The van der Waals surface area contributed by atoms with Gasteiger partial charge in [0.1, 0.15) is 0 Å². The zero-order chi connectivity index (χ0) is 10.8. The molecule has 2 N–H and O–H groups in total. The first-order valence-corrected chi connectivity index (χ1v) is 6.21. The van der Waals surface area contributed by atoms with Crippen LogP contribution in [0.25, 0.3) is 0 Å². The third-order valence-electron chi connectivity index (χ3n) is 2.17. The molecule has 2 nitrogen and oxygen atoms in total. The van der Waals surface area contributed by atoms with Crippen molar-refractivity contribution in [2.45, 2.75) is 13.3 Å². The number of benzene rings is 1. The summed E-state index contributed by atoms with van der Waals surface area (Å²) in [4.78, 5) is 5.24. The molecular weight excluding hydrogens is 308 g/mol. The zero-order valence-corrected chi connectivity index (χ0v) is 12.0. The Labute approximate surface area is 113 Å². The average molecular weight is 320 g/mol. The van der Waals surface area contributed by atoms with E-state index >= 15 is 0 Å². The summed E-state index contributed by atoms with van der Waals surface area (Å²) in [5.74, 6) is 0. The van der Waals surface area contributed by atoms with Crippen molar-refractivity contribution in [2.75, 3.05) is 5.73 Å².